The highest BCUT2D eigenvalue weighted by Gasteiger charge is 2.06. The quantitative estimate of drug-likeness (QED) is 0.713. The zero-order chi connectivity index (χ0) is 14.1. The molecule has 1 aromatic heterocycles. The number of nitrogens with one attached hydrogen (secondary N) is 1. The Morgan fingerprint density at radius 3 is 2.55 bits per heavy atom. The van der Waals surface area contributed by atoms with Crippen LogP contribution in [0.2, 0.25) is 0 Å². The predicted octanol–water partition coefficient (Wildman–Crippen LogP) is 3.60. The Morgan fingerprint density at radius 2 is 1.85 bits per heavy atom. The Balaban J connectivity index is 1.94. The number of benzene rings is 2. The highest BCUT2D eigenvalue weighted by atomic mass is 16.5. The highest BCUT2D eigenvalue weighted by Crippen LogP contribution is 2.24. The van der Waals surface area contributed by atoms with Crippen LogP contribution in [0.3, 0.4) is 0 Å². The molecule has 4 nitrogen and oxygen atoms in total. The number of H-pyrrole nitrogens is 1. The summed E-state index contributed by atoms with van der Waals surface area (Å²) in [5.74, 6) is 1.70. The SMILES string of the molecule is CC(C)Oc1ccc(-c2nc3ccc(N)cc3[nH]2)cc1. The van der Waals surface area contributed by atoms with Crippen LogP contribution < -0.4 is 10.5 Å². The lowest BCUT2D eigenvalue weighted by Crippen LogP contribution is -2.05. The molecule has 3 aromatic rings. The zero-order valence-electron chi connectivity index (χ0n) is 11.6. The third-order valence-corrected chi connectivity index (χ3v) is 3.01. The summed E-state index contributed by atoms with van der Waals surface area (Å²) in [5, 5.41) is 0. The van der Waals surface area contributed by atoms with Crippen molar-refractivity contribution in [2.75, 3.05) is 5.73 Å². The normalized spacial score (nSPS) is 11.2. The van der Waals surface area contributed by atoms with Gasteiger partial charge < -0.3 is 15.5 Å². The van der Waals surface area contributed by atoms with E-state index in [1.54, 1.807) is 0 Å². The molecule has 3 N–H and O–H groups in total. The van der Waals surface area contributed by atoms with E-state index in [2.05, 4.69) is 9.97 Å². The van der Waals surface area contributed by atoms with Crippen molar-refractivity contribution in [1.29, 1.82) is 0 Å². The van der Waals surface area contributed by atoms with Crippen LogP contribution in [-0.2, 0) is 0 Å². The van der Waals surface area contributed by atoms with Gasteiger partial charge in [-0.1, -0.05) is 0 Å². The summed E-state index contributed by atoms with van der Waals surface area (Å²) in [4.78, 5) is 7.84. The molecule has 0 fully saturated rings. The number of nitrogens with two attached hydrogens (primary N) is 1. The molecule has 0 saturated heterocycles. The van der Waals surface area contributed by atoms with E-state index in [1.807, 2.05) is 56.3 Å². The Hall–Kier alpha value is -2.49. The zero-order valence-corrected chi connectivity index (χ0v) is 11.6. The second kappa shape index (κ2) is 4.89. The molecule has 0 radical (unpaired) electrons. The maximum absolute atomic E-state index is 5.77. The Kier molecular flexibility index (Phi) is 3.06. The lowest BCUT2D eigenvalue weighted by molar-refractivity contribution is 0.242. The monoisotopic (exact) mass is 267 g/mol. The van der Waals surface area contributed by atoms with Gasteiger partial charge >= 0.3 is 0 Å². The molecular formula is C16H17N3O. The van der Waals surface area contributed by atoms with Crippen molar-refractivity contribution in [3.63, 3.8) is 0 Å². The number of ether oxygens (including phenoxy) is 1. The Labute approximate surface area is 117 Å². The van der Waals surface area contributed by atoms with E-state index in [0.717, 1.165) is 33.9 Å². The van der Waals surface area contributed by atoms with Crippen LogP contribution in [0, 0.1) is 0 Å². The Bertz CT molecular complexity index is 729. The third-order valence-electron chi connectivity index (χ3n) is 3.01. The van der Waals surface area contributed by atoms with Gasteiger partial charge in [0, 0.05) is 11.3 Å². The molecule has 0 atom stereocenters. The minimum atomic E-state index is 0.176. The number of anilines is 1. The first-order valence-corrected chi connectivity index (χ1v) is 6.64. The number of aromatic nitrogens is 2. The summed E-state index contributed by atoms with van der Waals surface area (Å²) in [7, 11) is 0. The second-order valence-corrected chi connectivity index (χ2v) is 5.05. The largest absolute Gasteiger partial charge is 0.491 e. The lowest BCUT2D eigenvalue weighted by Gasteiger charge is -2.09. The van der Waals surface area contributed by atoms with Gasteiger partial charge in [0.25, 0.3) is 0 Å². The van der Waals surface area contributed by atoms with Crippen LogP contribution in [0.4, 0.5) is 5.69 Å². The molecule has 3 rings (SSSR count). The molecule has 0 bridgehead atoms. The van der Waals surface area contributed by atoms with Gasteiger partial charge in [-0.25, -0.2) is 4.98 Å². The molecule has 2 aromatic carbocycles. The molecule has 0 amide bonds. The summed E-state index contributed by atoms with van der Waals surface area (Å²) in [5.41, 5.74) is 9.39. The molecule has 0 aliphatic heterocycles. The molecule has 4 heteroatoms. The first-order chi connectivity index (χ1) is 9.61. The number of imidazole rings is 1. The fourth-order valence-electron chi connectivity index (χ4n) is 2.13. The van der Waals surface area contributed by atoms with Crippen LogP contribution in [0.25, 0.3) is 22.4 Å². The van der Waals surface area contributed by atoms with Gasteiger partial charge in [0.15, 0.2) is 0 Å². The highest BCUT2D eigenvalue weighted by molar-refractivity contribution is 5.82. The third kappa shape index (κ3) is 2.45. The average molecular weight is 267 g/mol. The van der Waals surface area contributed by atoms with Crippen LogP contribution in [0.15, 0.2) is 42.5 Å². The van der Waals surface area contributed by atoms with Crippen molar-refractivity contribution in [2.45, 2.75) is 20.0 Å². The fraction of sp³-hybridized carbons (Fsp3) is 0.188. The summed E-state index contributed by atoms with van der Waals surface area (Å²) >= 11 is 0. The van der Waals surface area contributed by atoms with Crippen LogP contribution in [-0.4, -0.2) is 16.1 Å². The molecular weight excluding hydrogens is 250 g/mol. The number of rotatable bonds is 3. The van der Waals surface area contributed by atoms with Crippen molar-refractivity contribution in [1.82, 2.24) is 9.97 Å². The number of nitrogen functional groups attached to an aromatic ring is 1. The van der Waals surface area contributed by atoms with Gasteiger partial charge in [-0.3, -0.25) is 0 Å². The van der Waals surface area contributed by atoms with Gasteiger partial charge in [0.05, 0.1) is 17.1 Å². The smallest absolute Gasteiger partial charge is 0.138 e. The van der Waals surface area contributed by atoms with Crippen LogP contribution in [0.5, 0.6) is 5.75 Å². The van der Waals surface area contributed by atoms with Gasteiger partial charge in [-0.05, 0) is 56.3 Å². The van der Waals surface area contributed by atoms with E-state index in [4.69, 9.17) is 10.5 Å². The van der Waals surface area contributed by atoms with Crippen molar-refractivity contribution < 1.29 is 4.74 Å². The molecule has 0 aliphatic rings. The summed E-state index contributed by atoms with van der Waals surface area (Å²) in [6.07, 6.45) is 0.176. The second-order valence-electron chi connectivity index (χ2n) is 5.05. The van der Waals surface area contributed by atoms with E-state index >= 15 is 0 Å². The molecule has 102 valence electrons. The summed E-state index contributed by atoms with van der Waals surface area (Å²) in [6, 6.07) is 13.6. The first-order valence-electron chi connectivity index (χ1n) is 6.64. The first kappa shape index (κ1) is 12.5. The van der Waals surface area contributed by atoms with Gasteiger partial charge in [-0.2, -0.15) is 0 Å². The fourth-order valence-corrected chi connectivity index (χ4v) is 2.13. The maximum Gasteiger partial charge on any atom is 0.138 e. The molecule has 0 spiro atoms. The number of fused-ring (bicyclic) bond motifs is 1. The van der Waals surface area contributed by atoms with Gasteiger partial charge in [0.2, 0.25) is 0 Å². The summed E-state index contributed by atoms with van der Waals surface area (Å²) < 4.78 is 5.63. The molecule has 0 unspecified atom stereocenters. The number of hydrogen-bond donors (Lipinski definition) is 2. The van der Waals surface area contributed by atoms with E-state index < -0.39 is 0 Å². The number of hydrogen-bond acceptors (Lipinski definition) is 3. The molecule has 20 heavy (non-hydrogen) atoms. The van der Waals surface area contributed by atoms with E-state index in [9.17, 15) is 0 Å². The number of aromatic amines is 1. The maximum atomic E-state index is 5.77. The topological polar surface area (TPSA) is 63.9 Å². The van der Waals surface area contributed by atoms with Gasteiger partial charge in [-0.15, -0.1) is 0 Å². The van der Waals surface area contributed by atoms with Crippen LogP contribution >= 0.6 is 0 Å². The molecule has 0 saturated carbocycles. The predicted molar refractivity (Wildman–Crippen MR) is 81.7 cm³/mol. The Morgan fingerprint density at radius 1 is 1.10 bits per heavy atom. The average Bonchev–Trinajstić information content (AvgIpc) is 2.81. The molecule has 1 heterocycles. The minimum absolute atomic E-state index is 0.176. The van der Waals surface area contributed by atoms with Crippen LogP contribution in [0.1, 0.15) is 13.8 Å². The number of nitrogens with zero attached hydrogens (tertiary/aromatic N) is 1. The summed E-state index contributed by atoms with van der Waals surface area (Å²) in [6.45, 7) is 4.02. The van der Waals surface area contributed by atoms with Crippen molar-refractivity contribution in [2.24, 2.45) is 0 Å². The molecule has 0 aliphatic carbocycles. The van der Waals surface area contributed by atoms with Crippen molar-refractivity contribution in [3.05, 3.63) is 42.5 Å². The van der Waals surface area contributed by atoms with E-state index in [-0.39, 0.29) is 6.10 Å². The van der Waals surface area contributed by atoms with E-state index in [1.165, 1.54) is 0 Å². The van der Waals surface area contributed by atoms with Crippen molar-refractivity contribution in [3.8, 4) is 17.1 Å². The van der Waals surface area contributed by atoms with Gasteiger partial charge in [0.1, 0.15) is 11.6 Å². The standard InChI is InChI=1S/C16H17N3O/c1-10(2)20-13-6-3-11(4-7-13)16-18-14-8-5-12(17)9-15(14)19-16/h3-10H,17H2,1-2H3,(H,18,19). The van der Waals surface area contributed by atoms with E-state index in [0.29, 0.717) is 0 Å². The lowest BCUT2D eigenvalue weighted by atomic mass is 10.2. The minimum Gasteiger partial charge on any atom is -0.491 e. The van der Waals surface area contributed by atoms with Crippen molar-refractivity contribution >= 4 is 16.7 Å².